The third-order valence-electron chi connectivity index (χ3n) is 3.72. The van der Waals surface area contributed by atoms with E-state index in [1.807, 2.05) is 0 Å². The molecule has 1 spiro atoms. The van der Waals surface area contributed by atoms with Crippen LogP contribution in [0.3, 0.4) is 0 Å². The first-order valence-corrected chi connectivity index (χ1v) is 5.75. The lowest BCUT2D eigenvalue weighted by Gasteiger charge is -2.46. The summed E-state index contributed by atoms with van der Waals surface area (Å²) in [4.78, 5) is 10.2. The smallest absolute Gasteiger partial charge is 0.270 e. The molecule has 5 heteroatoms. The van der Waals surface area contributed by atoms with Crippen LogP contribution in [0.5, 0.6) is 5.75 Å². The number of aliphatic hydroxyl groups is 1. The van der Waals surface area contributed by atoms with E-state index in [2.05, 4.69) is 0 Å². The maximum atomic E-state index is 10.7. The number of fused-ring (bicyclic) bond motifs is 1. The number of nitrogens with zero attached hydrogens (tertiary/aromatic N) is 1. The van der Waals surface area contributed by atoms with Crippen molar-refractivity contribution in [1.82, 2.24) is 0 Å². The van der Waals surface area contributed by atoms with E-state index in [1.165, 1.54) is 12.1 Å². The van der Waals surface area contributed by atoms with Gasteiger partial charge in [-0.2, -0.15) is 0 Å². The first-order valence-electron chi connectivity index (χ1n) is 5.75. The predicted octanol–water partition coefficient (Wildman–Crippen LogP) is 2.33. The number of ether oxygens (including phenoxy) is 1. The molecule has 17 heavy (non-hydrogen) atoms. The van der Waals surface area contributed by atoms with Gasteiger partial charge in [0.25, 0.3) is 5.69 Å². The number of aliphatic hydroxyl groups excluding tert-OH is 1. The monoisotopic (exact) mass is 235 g/mol. The second-order valence-electron chi connectivity index (χ2n) is 4.84. The quantitative estimate of drug-likeness (QED) is 0.599. The van der Waals surface area contributed by atoms with Crippen molar-refractivity contribution in [3.8, 4) is 5.75 Å². The fourth-order valence-electron chi connectivity index (χ4n) is 2.62. The van der Waals surface area contributed by atoms with Crippen LogP contribution in [0.25, 0.3) is 0 Å². The minimum atomic E-state index is -0.654. The highest BCUT2D eigenvalue weighted by atomic mass is 16.6. The summed E-state index contributed by atoms with van der Waals surface area (Å²) in [6, 6.07) is 4.42. The minimum absolute atomic E-state index is 0.00374. The average Bonchev–Trinajstić information content (AvgIpc) is 2.26. The summed E-state index contributed by atoms with van der Waals surface area (Å²) < 4.78 is 5.88. The van der Waals surface area contributed by atoms with Crippen molar-refractivity contribution in [2.24, 2.45) is 0 Å². The van der Waals surface area contributed by atoms with Gasteiger partial charge in [-0.1, -0.05) is 0 Å². The lowest BCUT2D eigenvalue weighted by molar-refractivity contribution is -0.385. The molecular weight excluding hydrogens is 222 g/mol. The molecular formula is C12H13NO4. The zero-order chi connectivity index (χ0) is 12.0. The SMILES string of the molecule is O=[N+]([O-])c1ccc2c(c1)C(O)CC1(CCC1)O2. The lowest BCUT2D eigenvalue weighted by atomic mass is 9.73. The largest absolute Gasteiger partial charge is 0.487 e. The predicted molar refractivity (Wildman–Crippen MR) is 59.9 cm³/mol. The summed E-state index contributed by atoms with van der Waals surface area (Å²) in [5.41, 5.74) is 0.315. The molecule has 1 fully saturated rings. The van der Waals surface area contributed by atoms with Gasteiger partial charge in [0.05, 0.1) is 11.0 Å². The van der Waals surface area contributed by atoms with E-state index in [0.29, 0.717) is 17.7 Å². The Balaban J connectivity index is 1.99. The number of benzene rings is 1. The van der Waals surface area contributed by atoms with Gasteiger partial charge in [-0.3, -0.25) is 10.1 Å². The molecule has 5 nitrogen and oxygen atoms in total. The fourth-order valence-corrected chi connectivity index (χ4v) is 2.62. The van der Waals surface area contributed by atoms with E-state index in [4.69, 9.17) is 4.74 Å². The van der Waals surface area contributed by atoms with Crippen LogP contribution < -0.4 is 4.74 Å². The minimum Gasteiger partial charge on any atom is -0.487 e. The van der Waals surface area contributed by atoms with Crippen LogP contribution in [0.2, 0.25) is 0 Å². The molecule has 0 radical (unpaired) electrons. The van der Waals surface area contributed by atoms with E-state index < -0.39 is 11.0 Å². The second-order valence-corrected chi connectivity index (χ2v) is 4.84. The molecule has 1 unspecified atom stereocenters. The zero-order valence-electron chi connectivity index (χ0n) is 9.26. The van der Waals surface area contributed by atoms with E-state index in [1.54, 1.807) is 6.07 Å². The molecule has 3 rings (SSSR count). The Morgan fingerprint density at radius 1 is 1.47 bits per heavy atom. The first kappa shape index (κ1) is 10.5. The maximum Gasteiger partial charge on any atom is 0.270 e. The molecule has 90 valence electrons. The molecule has 2 aliphatic rings. The van der Waals surface area contributed by atoms with Crippen molar-refractivity contribution in [1.29, 1.82) is 0 Å². The summed E-state index contributed by atoms with van der Waals surface area (Å²) in [5, 5.41) is 20.7. The Hall–Kier alpha value is -1.62. The third-order valence-corrected chi connectivity index (χ3v) is 3.72. The van der Waals surface area contributed by atoms with Gasteiger partial charge in [-0.15, -0.1) is 0 Å². The molecule has 0 saturated heterocycles. The number of nitro benzene ring substituents is 1. The summed E-state index contributed by atoms with van der Waals surface area (Å²) in [6.07, 6.45) is 2.93. The topological polar surface area (TPSA) is 72.6 Å². The first-order chi connectivity index (χ1) is 8.10. The number of rotatable bonds is 1. The van der Waals surface area contributed by atoms with E-state index in [9.17, 15) is 15.2 Å². The molecule has 1 atom stereocenters. The summed E-state index contributed by atoms with van der Waals surface area (Å²) in [7, 11) is 0. The van der Waals surface area contributed by atoms with Crippen molar-refractivity contribution in [2.75, 3.05) is 0 Å². The van der Waals surface area contributed by atoms with Gasteiger partial charge in [-0.05, 0) is 25.3 Å². The Labute approximate surface area is 98.2 Å². The Bertz CT molecular complexity index is 481. The van der Waals surface area contributed by atoms with Crippen LogP contribution in [0, 0.1) is 10.1 Å². The second kappa shape index (κ2) is 3.43. The van der Waals surface area contributed by atoms with Crippen molar-refractivity contribution >= 4 is 5.69 Å². The van der Waals surface area contributed by atoms with Crippen LogP contribution in [-0.2, 0) is 0 Å². The van der Waals surface area contributed by atoms with E-state index >= 15 is 0 Å². The van der Waals surface area contributed by atoms with Crippen LogP contribution in [0.1, 0.15) is 37.4 Å². The molecule has 1 aromatic carbocycles. The number of non-ortho nitro benzene ring substituents is 1. The fraction of sp³-hybridized carbons (Fsp3) is 0.500. The molecule has 1 aromatic rings. The number of nitro groups is 1. The Morgan fingerprint density at radius 2 is 2.24 bits per heavy atom. The highest BCUT2D eigenvalue weighted by Gasteiger charge is 2.45. The van der Waals surface area contributed by atoms with Crippen LogP contribution >= 0.6 is 0 Å². The van der Waals surface area contributed by atoms with Crippen LogP contribution in [-0.4, -0.2) is 15.6 Å². The molecule has 1 heterocycles. The Morgan fingerprint density at radius 3 is 2.82 bits per heavy atom. The van der Waals surface area contributed by atoms with Gasteiger partial charge >= 0.3 is 0 Å². The third kappa shape index (κ3) is 1.58. The van der Waals surface area contributed by atoms with Gasteiger partial charge in [-0.25, -0.2) is 0 Å². The standard InChI is InChI=1S/C12H13NO4/c14-10-7-12(4-1-5-12)17-11-3-2-8(13(15)16)6-9(10)11/h2-3,6,10,14H,1,4-5,7H2. The highest BCUT2D eigenvalue weighted by Crippen LogP contribution is 2.49. The van der Waals surface area contributed by atoms with Crippen LogP contribution in [0.4, 0.5) is 5.69 Å². The number of hydrogen-bond acceptors (Lipinski definition) is 4. The highest BCUT2D eigenvalue weighted by molar-refractivity contribution is 5.46. The summed E-state index contributed by atoms with van der Waals surface area (Å²) in [6.45, 7) is 0. The molecule has 0 bridgehead atoms. The van der Waals surface area contributed by atoms with Crippen LogP contribution in [0.15, 0.2) is 18.2 Å². The van der Waals surface area contributed by atoms with Gasteiger partial charge in [0.1, 0.15) is 11.4 Å². The molecule has 0 aromatic heterocycles. The van der Waals surface area contributed by atoms with Crippen molar-refractivity contribution in [3.63, 3.8) is 0 Å². The number of hydrogen-bond donors (Lipinski definition) is 1. The molecule has 1 aliphatic heterocycles. The summed E-state index contributed by atoms with van der Waals surface area (Å²) in [5.74, 6) is 0.592. The van der Waals surface area contributed by atoms with E-state index in [-0.39, 0.29) is 11.3 Å². The van der Waals surface area contributed by atoms with Crippen molar-refractivity contribution < 1.29 is 14.8 Å². The van der Waals surface area contributed by atoms with E-state index in [0.717, 1.165) is 19.3 Å². The van der Waals surface area contributed by atoms with Gasteiger partial charge in [0, 0.05) is 24.1 Å². The summed E-state index contributed by atoms with van der Waals surface area (Å²) >= 11 is 0. The molecule has 0 amide bonds. The molecule has 1 N–H and O–H groups in total. The molecule has 1 saturated carbocycles. The average molecular weight is 235 g/mol. The van der Waals surface area contributed by atoms with Gasteiger partial charge in [0.15, 0.2) is 0 Å². The van der Waals surface area contributed by atoms with Crippen molar-refractivity contribution in [2.45, 2.75) is 37.4 Å². The molecule has 1 aliphatic carbocycles. The van der Waals surface area contributed by atoms with Gasteiger partial charge < -0.3 is 9.84 Å². The maximum absolute atomic E-state index is 10.7. The zero-order valence-corrected chi connectivity index (χ0v) is 9.26. The van der Waals surface area contributed by atoms with Crippen molar-refractivity contribution in [3.05, 3.63) is 33.9 Å². The lowest BCUT2D eigenvalue weighted by Crippen LogP contribution is -2.46. The van der Waals surface area contributed by atoms with Gasteiger partial charge in [0.2, 0.25) is 0 Å². The Kier molecular flexibility index (Phi) is 2.13. The normalized spacial score (nSPS) is 24.6.